The lowest BCUT2D eigenvalue weighted by molar-refractivity contribution is -0.00895. The van der Waals surface area contributed by atoms with Crippen LogP contribution in [0.25, 0.3) is 0 Å². The number of rotatable bonds is 8. The molecule has 0 heterocycles. The van der Waals surface area contributed by atoms with Gasteiger partial charge >= 0.3 is 0 Å². The van der Waals surface area contributed by atoms with Crippen LogP contribution in [0.2, 0.25) is 0 Å². The third kappa shape index (κ3) is 12.1. The van der Waals surface area contributed by atoms with E-state index in [0.29, 0.717) is 19.1 Å². The van der Waals surface area contributed by atoms with E-state index in [1.54, 1.807) is 0 Å². The van der Waals surface area contributed by atoms with E-state index in [1.165, 1.54) is 0 Å². The van der Waals surface area contributed by atoms with Gasteiger partial charge in [-0.25, -0.2) is 0 Å². The first-order valence-corrected chi connectivity index (χ1v) is 6.71. The van der Waals surface area contributed by atoms with Gasteiger partial charge in [-0.2, -0.15) is 0 Å². The predicted molar refractivity (Wildman–Crippen MR) is 73.2 cm³/mol. The molecular formula is C14H31NO2. The molecule has 0 radical (unpaired) electrons. The van der Waals surface area contributed by atoms with Crippen LogP contribution in [-0.4, -0.2) is 37.0 Å². The van der Waals surface area contributed by atoms with Gasteiger partial charge in [0.15, 0.2) is 0 Å². The van der Waals surface area contributed by atoms with Crippen molar-refractivity contribution in [3.63, 3.8) is 0 Å². The Morgan fingerprint density at radius 3 is 2.24 bits per heavy atom. The van der Waals surface area contributed by atoms with Crippen molar-refractivity contribution < 1.29 is 9.84 Å². The molecule has 3 heteroatoms. The molecule has 0 spiro atoms. The lowest BCUT2D eigenvalue weighted by atomic mass is 9.97. The zero-order chi connectivity index (χ0) is 13.5. The van der Waals surface area contributed by atoms with Gasteiger partial charge in [-0.05, 0) is 24.7 Å². The minimum atomic E-state index is -0.410. The standard InChI is InChI=1S/C14H31NO2/c1-11(2)7-12(3)17-9-13(16)8-15-10-14(4,5)6/h11-13,15-16H,7-10H2,1-6H3. The quantitative estimate of drug-likeness (QED) is 0.690. The summed E-state index contributed by atoms with van der Waals surface area (Å²) >= 11 is 0. The molecule has 0 aliphatic carbocycles. The van der Waals surface area contributed by atoms with Gasteiger partial charge in [0.25, 0.3) is 0 Å². The maximum absolute atomic E-state index is 9.74. The summed E-state index contributed by atoms with van der Waals surface area (Å²) in [5.74, 6) is 0.640. The fourth-order valence-electron chi connectivity index (χ4n) is 1.68. The lowest BCUT2D eigenvalue weighted by Gasteiger charge is -2.21. The van der Waals surface area contributed by atoms with Crippen LogP contribution >= 0.6 is 0 Å². The van der Waals surface area contributed by atoms with Crippen molar-refractivity contribution in [1.82, 2.24) is 5.32 Å². The summed E-state index contributed by atoms with van der Waals surface area (Å²) in [6.45, 7) is 14.9. The van der Waals surface area contributed by atoms with Crippen LogP contribution in [0.5, 0.6) is 0 Å². The highest BCUT2D eigenvalue weighted by Gasteiger charge is 2.12. The normalized spacial score (nSPS) is 16.2. The SMILES string of the molecule is CC(C)CC(C)OCC(O)CNCC(C)(C)C. The van der Waals surface area contributed by atoms with Crippen molar-refractivity contribution in [1.29, 1.82) is 0 Å². The second kappa shape index (κ2) is 8.06. The molecule has 0 aliphatic heterocycles. The van der Waals surface area contributed by atoms with Crippen LogP contribution in [0.3, 0.4) is 0 Å². The Bertz CT molecular complexity index is 187. The lowest BCUT2D eigenvalue weighted by Crippen LogP contribution is -2.36. The number of aliphatic hydroxyl groups is 1. The summed E-state index contributed by atoms with van der Waals surface area (Å²) in [4.78, 5) is 0. The molecule has 2 atom stereocenters. The molecule has 0 saturated carbocycles. The first-order valence-electron chi connectivity index (χ1n) is 6.71. The van der Waals surface area contributed by atoms with Crippen LogP contribution in [0.15, 0.2) is 0 Å². The molecule has 0 amide bonds. The van der Waals surface area contributed by atoms with E-state index in [9.17, 15) is 5.11 Å². The van der Waals surface area contributed by atoms with Gasteiger partial charge in [-0.3, -0.25) is 0 Å². The molecule has 0 rings (SSSR count). The van der Waals surface area contributed by atoms with Crippen molar-refractivity contribution in [2.75, 3.05) is 19.7 Å². The van der Waals surface area contributed by atoms with Crippen LogP contribution < -0.4 is 5.32 Å². The molecule has 0 aromatic rings. The van der Waals surface area contributed by atoms with E-state index in [2.05, 4.69) is 46.9 Å². The summed E-state index contributed by atoms with van der Waals surface area (Å²) in [5, 5.41) is 13.0. The third-order valence-corrected chi connectivity index (χ3v) is 2.41. The average Bonchev–Trinajstić information content (AvgIpc) is 2.11. The fraction of sp³-hybridized carbons (Fsp3) is 1.00. The van der Waals surface area contributed by atoms with Gasteiger partial charge in [-0.15, -0.1) is 0 Å². The van der Waals surface area contributed by atoms with E-state index < -0.39 is 6.10 Å². The summed E-state index contributed by atoms with van der Waals surface area (Å²) in [7, 11) is 0. The molecule has 0 aromatic heterocycles. The second-order valence-corrected chi connectivity index (χ2v) is 6.62. The highest BCUT2D eigenvalue weighted by atomic mass is 16.5. The molecule has 0 aliphatic rings. The minimum Gasteiger partial charge on any atom is -0.389 e. The van der Waals surface area contributed by atoms with Gasteiger partial charge < -0.3 is 15.2 Å². The fourth-order valence-corrected chi connectivity index (χ4v) is 1.68. The Kier molecular flexibility index (Phi) is 8.01. The average molecular weight is 245 g/mol. The Balaban J connectivity index is 3.56. The van der Waals surface area contributed by atoms with Crippen molar-refractivity contribution >= 4 is 0 Å². The molecule has 2 N–H and O–H groups in total. The predicted octanol–water partition coefficient (Wildman–Crippen LogP) is 2.43. The van der Waals surface area contributed by atoms with E-state index in [1.807, 2.05) is 0 Å². The van der Waals surface area contributed by atoms with Crippen LogP contribution in [-0.2, 0) is 4.74 Å². The third-order valence-electron chi connectivity index (χ3n) is 2.41. The van der Waals surface area contributed by atoms with Crippen molar-refractivity contribution in [3.05, 3.63) is 0 Å². The number of ether oxygens (including phenoxy) is 1. The molecule has 0 saturated heterocycles. The summed E-state index contributed by atoms with van der Waals surface area (Å²) in [6, 6.07) is 0. The van der Waals surface area contributed by atoms with Gasteiger partial charge in [0, 0.05) is 13.1 Å². The highest BCUT2D eigenvalue weighted by molar-refractivity contribution is 4.67. The van der Waals surface area contributed by atoms with Gasteiger partial charge in [0.1, 0.15) is 0 Å². The number of nitrogens with one attached hydrogen (secondary N) is 1. The van der Waals surface area contributed by atoms with Crippen molar-refractivity contribution in [3.8, 4) is 0 Å². The monoisotopic (exact) mass is 245 g/mol. The van der Waals surface area contributed by atoms with Crippen LogP contribution in [0.1, 0.15) is 48.0 Å². The first-order chi connectivity index (χ1) is 7.70. The number of hydrogen-bond acceptors (Lipinski definition) is 3. The number of hydrogen-bond donors (Lipinski definition) is 2. The Morgan fingerprint density at radius 2 is 1.76 bits per heavy atom. The topological polar surface area (TPSA) is 41.5 Å². The minimum absolute atomic E-state index is 0.229. The van der Waals surface area contributed by atoms with Gasteiger partial charge in [-0.1, -0.05) is 34.6 Å². The Morgan fingerprint density at radius 1 is 1.18 bits per heavy atom. The van der Waals surface area contributed by atoms with Crippen molar-refractivity contribution in [2.24, 2.45) is 11.3 Å². The zero-order valence-electron chi connectivity index (χ0n) is 12.4. The van der Waals surface area contributed by atoms with E-state index in [0.717, 1.165) is 13.0 Å². The van der Waals surface area contributed by atoms with E-state index >= 15 is 0 Å². The van der Waals surface area contributed by atoms with Crippen LogP contribution in [0.4, 0.5) is 0 Å². The Labute approximate surface area is 107 Å². The molecule has 17 heavy (non-hydrogen) atoms. The van der Waals surface area contributed by atoms with E-state index in [4.69, 9.17) is 4.74 Å². The maximum atomic E-state index is 9.74. The van der Waals surface area contributed by atoms with E-state index in [-0.39, 0.29) is 11.5 Å². The summed E-state index contributed by atoms with van der Waals surface area (Å²) < 4.78 is 5.61. The molecule has 3 nitrogen and oxygen atoms in total. The summed E-state index contributed by atoms with van der Waals surface area (Å²) in [6.07, 6.45) is 0.863. The highest BCUT2D eigenvalue weighted by Crippen LogP contribution is 2.10. The first kappa shape index (κ1) is 16.9. The van der Waals surface area contributed by atoms with Crippen molar-refractivity contribution in [2.45, 2.75) is 60.2 Å². The molecule has 0 aromatic carbocycles. The maximum Gasteiger partial charge on any atom is 0.0897 e. The number of aliphatic hydroxyl groups excluding tert-OH is 1. The summed E-state index contributed by atoms with van der Waals surface area (Å²) in [5.41, 5.74) is 0.255. The molecular weight excluding hydrogens is 214 g/mol. The molecule has 104 valence electrons. The smallest absolute Gasteiger partial charge is 0.0897 e. The van der Waals surface area contributed by atoms with Gasteiger partial charge in [0.2, 0.25) is 0 Å². The van der Waals surface area contributed by atoms with Crippen LogP contribution in [0, 0.1) is 11.3 Å². The molecule has 0 fully saturated rings. The zero-order valence-corrected chi connectivity index (χ0v) is 12.4. The van der Waals surface area contributed by atoms with Gasteiger partial charge in [0.05, 0.1) is 18.8 Å². The largest absolute Gasteiger partial charge is 0.389 e. The molecule has 2 unspecified atom stereocenters. The second-order valence-electron chi connectivity index (χ2n) is 6.62. The Hall–Kier alpha value is -0.120. The molecule has 0 bridgehead atoms.